The number of hydrogen-bond acceptors (Lipinski definition) is 3. The first-order valence-corrected chi connectivity index (χ1v) is 7.66. The Morgan fingerprint density at radius 3 is 2.65 bits per heavy atom. The van der Waals surface area contributed by atoms with E-state index in [0.717, 1.165) is 30.8 Å². The number of rotatable bonds is 4. The summed E-state index contributed by atoms with van der Waals surface area (Å²) >= 11 is 0. The van der Waals surface area contributed by atoms with Gasteiger partial charge in [-0.05, 0) is 42.1 Å². The Bertz CT molecular complexity index is 641. The van der Waals surface area contributed by atoms with Crippen LogP contribution in [0.15, 0.2) is 42.7 Å². The topological polar surface area (TPSA) is 64.2 Å². The summed E-state index contributed by atoms with van der Waals surface area (Å²) in [7, 11) is 0. The average molecular weight is 335 g/mol. The van der Waals surface area contributed by atoms with Gasteiger partial charge < -0.3 is 10.6 Å². The predicted octanol–water partition coefficient (Wildman–Crippen LogP) is 2.03. The quantitative estimate of drug-likeness (QED) is 0.930. The number of nitrogens with two attached hydrogens (primary N) is 1. The third-order valence-corrected chi connectivity index (χ3v) is 4.46. The summed E-state index contributed by atoms with van der Waals surface area (Å²) in [5.74, 6) is 0.184. The molecule has 5 nitrogen and oxygen atoms in total. The molecule has 1 aliphatic rings. The van der Waals surface area contributed by atoms with Crippen molar-refractivity contribution in [2.75, 3.05) is 19.6 Å². The van der Waals surface area contributed by atoms with E-state index in [-0.39, 0.29) is 23.7 Å². The van der Waals surface area contributed by atoms with E-state index >= 15 is 0 Å². The van der Waals surface area contributed by atoms with Gasteiger partial charge >= 0.3 is 0 Å². The molecule has 1 aromatic carbocycles. The maximum atomic E-state index is 12.4. The molecule has 1 amide bonds. The first-order chi connectivity index (χ1) is 10.6. The number of carbonyl (C=O) groups excluding carboxylic acids is 1. The minimum absolute atomic E-state index is 0. The number of benzene rings is 1. The molecule has 1 atom stereocenters. The van der Waals surface area contributed by atoms with Gasteiger partial charge in [-0.25, -0.2) is 4.68 Å². The smallest absolute Gasteiger partial charge is 0.227 e. The summed E-state index contributed by atoms with van der Waals surface area (Å²) in [4.78, 5) is 14.3. The zero-order chi connectivity index (χ0) is 15.6. The van der Waals surface area contributed by atoms with E-state index in [2.05, 4.69) is 12.0 Å². The molecule has 2 heterocycles. The van der Waals surface area contributed by atoms with Crippen molar-refractivity contribution >= 4 is 18.3 Å². The Balaban J connectivity index is 0.00000192. The monoisotopic (exact) mass is 334 g/mol. The molecular weight excluding hydrogens is 312 g/mol. The predicted molar refractivity (Wildman–Crippen MR) is 92.9 cm³/mol. The van der Waals surface area contributed by atoms with Gasteiger partial charge in [-0.3, -0.25) is 4.79 Å². The highest BCUT2D eigenvalue weighted by molar-refractivity contribution is 5.85. The molecule has 0 saturated carbocycles. The summed E-state index contributed by atoms with van der Waals surface area (Å²) in [6.07, 6.45) is 5.09. The summed E-state index contributed by atoms with van der Waals surface area (Å²) in [5.41, 5.74) is 7.91. The van der Waals surface area contributed by atoms with Crippen molar-refractivity contribution in [1.82, 2.24) is 14.7 Å². The third-order valence-electron chi connectivity index (χ3n) is 4.46. The van der Waals surface area contributed by atoms with Crippen molar-refractivity contribution in [2.45, 2.75) is 19.8 Å². The summed E-state index contributed by atoms with van der Waals surface area (Å²) in [5, 5.41) is 4.20. The summed E-state index contributed by atoms with van der Waals surface area (Å²) in [6, 6.07) is 9.85. The second-order valence-corrected chi connectivity index (χ2v) is 6.37. The summed E-state index contributed by atoms with van der Waals surface area (Å²) < 4.78 is 1.80. The first-order valence-electron chi connectivity index (χ1n) is 7.66. The third kappa shape index (κ3) is 3.92. The van der Waals surface area contributed by atoms with Crippen molar-refractivity contribution < 1.29 is 4.79 Å². The molecule has 1 unspecified atom stereocenters. The van der Waals surface area contributed by atoms with Crippen LogP contribution in [-0.4, -0.2) is 40.2 Å². The number of hydrogen-bond donors (Lipinski definition) is 1. The van der Waals surface area contributed by atoms with Crippen LogP contribution in [0, 0.1) is 5.41 Å². The number of amides is 1. The highest BCUT2D eigenvalue weighted by Gasteiger charge is 2.34. The van der Waals surface area contributed by atoms with Crippen LogP contribution in [0.5, 0.6) is 0 Å². The largest absolute Gasteiger partial charge is 0.342 e. The lowest BCUT2D eigenvalue weighted by molar-refractivity contribution is -0.129. The van der Waals surface area contributed by atoms with Crippen molar-refractivity contribution in [3.05, 3.63) is 48.3 Å². The summed E-state index contributed by atoms with van der Waals surface area (Å²) in [6.45, 7) is 4.38. The zero-order valence-corrected chi connectivity index (χ0v) is 14.1. The molecule has 0 bridgehead atoms. The average Bonchev–Trinajstić information content (AvgIpc) is 3.18. The van der Waals surface area contributed by atoms with Gasteiger partial charge in [0, 0.05) is 25.5 Å². The highest BCUT2D eigenvalue weighted by atomic mass is 35.5. The van der Waals surface area contributed by atoms with Crippen LogP contribution >= 0.6 is 12.4 Å². The molecule has 1 aliphatic heterocycles. The van der Waals surface area contributed by atoms with Crippen LogP contribution in [0.25, 0.3) is 5.69 Å². The molecule has 1 aromatic heterocycles. The van der Waals surface area contributed by atoms with E-state index in [1.54, 1.807) is 10.9 Å². The standard InChI is InChI=1S/C17H22N4O.ClH/c1-17(12-18)7-10-20(13-17)16(22)11-14-3-5-15(6-4-14)21-9-2-8-19-21;/h2-6,8-9H,7,10-13,18H2,1H3;1H. The lowest BCUT2D eigenvalue weighted by Crippen LogP contribution is -2.35. The van der Waals surface area contributed by atoms with Crippen LogP contribution in [0.1, 0.15) is 18.9 Å². The van der Waals surface area contributed by atoms with Crippen LogP contribution in [0.2, 0.25) is 0 Å². The molecule has 124 valence electrons. The Hall–Kier alpha value is -1.85. The van der Waals surface area contributed by atoms with Crippen LogP contribution in [0.3, 0.4) is 0 Å². The van der Waals surface area contributed by atoms with Gasteiger partial charge in [0.1, 0.15) is 0 Å². The van der Waals surface area contributed by atoms with Gasteiger partial charge in [0.2, 0.25) is 5.91 Å². The molecule has 0 spiro atoms. The molecule has 6 heteroatoms. The van der Waals surface area contributed by atoms with Gasteiger partial charge in [0.05, 0.1) is 12.1 Å². The van der Waals surface area contributed by atoms with Gasteiger partial charge in [-0.2, -0.15) is 5.10 Å². The fourth-order valence-corrected chi connectivity index (χ4v) is 2.88. The second-order valence-electron chi connectivity index (χ2n) is 6.37. The molecule has 2 N–H and O–H groups in total. The molecule has 23 heavy (non-hydrogen) atoms. The maximum absolute atomic E-state index is 12.4. The Kier molecular flexibility index (Phi) is 5.44. The number of nitrogens with zero attached hydrogens (tertiary/aromatic N) is 3. The van der Waals surface area contributed by atoms with E-state index in [0.29, 0.717) is 13.0 Å². The van der Waals surface area contributed by atoms with E-state index in [4.69, 9.17) is 5.73 Å². The minimum atomic E-state index is 0. The molecule has 1 fully saturated rings. The second kappa shape index (κ2) is 7.15. The minimum Gasteiger partial charge on any atom is -0.342 e. The van der Waals surface area contributed by atoms with Crippen LogP contribution in [-0.2, 0) is 11.2 Å². The van der Waals surface area contributed by atoms with Gasteiger partial charge in [-0.15, -0.1) is 12.4 Å². The Morgan fingerprint density at radius 2 is 2.09 bits per heavy atom. The zero-order valence-electron chi connectivity index (χ0n) is 13.3. The number of carbonyl (C=O) groups is 1. The van der Waals surface area contributed by atoms with Crippen molar-refractivity contribution in [3.63, 3.8) is 0 Å². The Morgan fingerprint density at radius 1 is 1.35 bits per heavy atom. The van der Waals surface area contributed by atoms with Crippen molar-refractivity contribution in [1.29, 1.82) is 0 Å². The van der Waals surface area contributed by atoms with Crippen LogP contribution < -0.4 is 5.73 Å². The normalized spacial score (nSPS) is 20.3. The molecular formula is C17H23ClN4O. The van der Waals surface area contributed by atoms with E-state index < -0.39 is 0 Å². The first kappa shape index (κ1) is 17.5. The van der Waals surface area contributed by atoms with E-state index in [1.807, 2.05) is 41.4 Å². The number of halogens is 1. The maximum Gasteiger partial charge on any atom is 0.227 e. The highest BCUT2D eigenvalue weighted by Crippen LogP contribution is 2.28. The Labute approximate surface area is 142 Å². The lowest BCUT2D eigenvalue weighted by atomic mass is 9.90. The van der Waals surface area contributed by atoms with Crippen LogP contribution in [0.4, 0.5) is 0 Å². The fourth-order valence-electron chi connectivity index (χ4n) is 2.88. The fraction of sp³-hybridized carbons (Fsp3) is 0.412. The van der Waals surface area contributed by atoms with E-state index in [1.165, 1.54) is 0 Å². The molecule has 0 aliphatic carbocycles. The van der Waals surface area contributed by atoms with Gasteiger partial charge in [0.25, 0.3) is 0 Å². The molecule has 3 rings (SSSR count). The van der Waals surface area contributed by atoms with E-state index in [9.17, 15) is 4.79 Å². The van der Waals surface area contributed by atoms with Gasteiger partial charge in [0.15, 0.2) is 0 Å². The number of likely N-dealkylation sites (tertiary alicyclic amines) is 1. The molecule has 0 radical (unpaired) electrons. The molecule has 2 aromatic rings. The lowest BCUT2D eigenvalue weighted by Gasteiger charge is -2.22. The van der Waals surface area contributed by atoms with Crippen molar-refractivity contribution in [3.8, 4) is 5.69 Å². The molecule has 1 saturated heterocycles. The van der Waals surface area contributed by atoms with Crippen molar-refractivity contribution in [2.24, 2.45) is 11.1 Å². The van der Waals surface area contributed by atoms with Gasteiger partial charge in [-0.1, -0.05) is 19.1 Å². The SMILES string of the molecule is CC1(CN)CCN(C(=O)Cc2ccc(-n3cccn3)cc2)C1.Cl. The number of aromatic nitrogens is 2.